The fourth-order valence-corrected chi connectivity index (χ4v) is 3.19. The van der Waals surface area contributed by atoms with Crippen LogP contribution in [0.5, 0.6) is 0 Å². The van der Waals surface area contributed by atoms with E-state index in [1.54, 1.807) is 6.92 Å². The van der Waals surface area contributed by atoms with Gasteiger partial charge in [-0.1, -0.05) is 110 Å². The molecular weight excluding hydrogens is 488 g/mol. The Morgan fingerprint density at radius 1 is 0.718 bits per heavy atom. The molecule has 39 heavy (non-hydrogen) atoms. The fourth-order valence-electron chi connectivity index (χ4n) is 3.19. The second-order valence-corrected chi connectivity index (χ2v) is 16.5. The monoisotopic (exact) mass is 559 g/mol. The van der Waals surface area contributed by atoms with Crippen LogP contribution in [0.15, 0.2) is 0 Å². The summed E-state index contributed by atoms with van der Waals surface area (Å²) in [5, 5.41) is 17.0. The molecule has 0 aliphatic carbocycles. The average molecular weight is 559 g/mol. The van der Waals surface area contributed by atoms with Gasteiger partial charge in [-0.2, -0.15) is 0 Å². The number of nitrogens with zero attached hydrogens (tertiary/aromatic N) is 2. The predicted octanol–water partition coefficient (Wildman–Crippen LogP) is 7.98. The Kier molecular flexibility index (Phi) is 21.5. The van der Waals surface area contributed by atoms with E-state index < -0.39 is 5.97 Å². The molecule has 1 saturated heterocycles. The molecule has 0 aromatic rings. The molecule has 1 aliphatic heterocycles. The summed E-state index contributed by atoms with van der Waals surface area (Å²) < 4.78 is 0. The van der Waals surface area contributed by atoms with Crippen LogP contribution in [0.2, 0.25) is 0 Å². The third kappa shape index (κ3) is 39.1. The molecule has 0 saturated carbocycles. The zero-order valence-electron chi connectivity index (χ0n) is 29.0. The van der Waals surface area contributed by atoms with Gasteiger partial charge in [0.15, 0.2) is 0 Å². The largest absolute Gasteiger partial charge is 0.481 e. The third-order valence-corrected chi connectivity index (χ3v) is 5.63. The number of aliphatic hydroxyl groups excluding tert-OH is 1. The summed E-state index contributed by atoms with van der Waals surface area (Å²) >= 11 is 0. The zero-order chi connectivity index (χ0) is 31.7. The highest BCUT2D eigenvalue weighted by molar-refractivity contribution is 5.76. The molecule has 0 unspecified atom stereocenters. The van der Waals surface area contributed by atoms with E-state index in [9.17, 15) is 9.59 Å². The number of carboxylic acids is 1. The second-order valence-electron chi connectivity index (χ2n) is 16.5. The van der Waals surface area contributed by atoms with Gasteiger partial charge in [0.1, 0.15) is 0 Å². The number of aliphatic hydroxyl groups is 1. The highest BCUT2D eigenvalue weighted by Gasteiger charge is 2.23. The van der Waals surface area contributed by atoms with Crippen LogP contribution in [0, 0.1) is 27.6 Å². The summed E-state index contributed by atoms with van der Waals surface area (Å²) in [6.07, 6.45) is 5.72. The van der Waals surface area contributed by atoms with Crippen molar-refractivity contribution in [1.82, 2.24) is 9.80 Å². The number of hydrogen-bond donors (Lipinski definition) is 2. The number of carboxylic acid groups (broad SMARTS) is 1. The predicted molar refractivity (Wildman–Crippen MR) is 169 cm³/mol. The molecule has 0 aromatic carbocycles. The lowest BCUT2D eigenvalue weighted by atomic mass is 9.89. The van der Waals surface area contributed by atoms with Gasteiger partial charge in [0.2, 0.25) is 5.91 Å². The summed E-state index contributed by atoms with van der Waals surface area (Å²) in [6.45, 7) is 34.0. The Bertz CT molecular complexity index is 620. The van der Waals surface area contributed by atoms with Crippen LogP contribution in [0.25, 0.3) is 0 Å². The van der Waals surface area contributed by atoms with E-state index in [1.807, 2.05) is 4.90 Å². The standard InChI is InChI=1S/C11H22N2O.C11H22O2.C6H14O.C5H12/c1-11(2,3)9-10(14)13-7-5-12(4)6-8-13;1-9(10(12)13)7-5-6-8-11(2,3)4;1-6(2,3)4-5-7;1-5(2,3)4/h5-9H2,1-4H3;9H,5-8H2,1-4H3,(H,12,13);7H,4-5H2,1-3H3;1-4H3/t;9-;;/m.0../s1. The quantitative estimate of drug-likeness (QED) is 0.310. The molecule has 1 fully saturated rings. The number of carbonyl (C=O) groups is 2. The Hall–Kier alpha value is -1.14. The maximum Gasteiger partial charge on any atom is 0.306 e. The molecule has 2 N–H and O–H groups in total. The minimum atomic E-state index is -0.671. The zero-order valence-corrected chi connectivity index (χ0v) is 29.0. The summed E-state index contributed by atoms with van der Waals surface area (Å²) in [7, 11) is 2.10. The van der Waals surface area contributed by atoms with Gasteiger partial charge in [0, 0.05) is 39.2 Å². The van der Waals surface area contributed by atoms with Gasteiger partial charge in [0.05, 0.1) is 5.92 Å². The van der Waals surface area contributed by atoms with Gasteiger partial charge >= 0.3 is 5.97 Å². The molecule has 0 bridgehead atoms. The Morgan fingerprint density at radius 2 is 1.13 bits per heavy atom. The number of unbranched alkanes of at least 4 members (excludes halogenated alkanes) is 1. The van der Waals surface area contributed by atoms with Gasteiger partial charge < -0.3 is 20.0 Å². The summed E-state index contributed by atoms with van der Waals surface area (Å²) in [5.74, 6) is -0.540. The third-order valence-electron chi connectivity index (χ3n) is 5.63. The first-order valence-corrected chi connectivity index (χ1v) is 15.1. The molecule has 1 rings (SSSR count). The van der Waals surface area contributed by atoms with Crippen LogP contribution in [0.1, 0.15) is 135 Å². The van der Waals surface area contributed by atoms with Crippen molar-refractivity contribution in [2.45, 2.75) is 135 Å². The van der Waals surface area contributed by atoms with Crippen molar-refractivity contribution in [2.24, 2.45) is 27.6 Å². The Morgan fingerprint density at radius 3 is 1.41 bits per heavy atom. The van der Waals surface area contributed by atoms with Crippen molar-refractivity contribution in [3.63, 3.8) is 0 Å². The summed E-state index contributed by atoms with van der Waals surface area (Å²) in [6, 6.07) is 0. The second kappa shape index (κ2) is 19.9. The van der Waals surface area contributed by atoms with Crippen LogP contribution in [-0.2, 0) is 9.59 Å². The summed E-state index contributed by atoms with van der Waals surface area (Å²) in [4.78, 5) is 26.6. The van der Waals surface area contributed by atoms with Crippen LogP contribution in [0.4, 0.5) is 0 Å². The number of piperazine rings is 1. The Balaban J connectivity index is -0.000000478. The van der Waals surface area contributed by atoms with Crippen LogP contribution >= 0.6 is 0 Å². The number of likely N-dealkylation sites (N-methyl/N-ethyl adjacent to an activating group) is 1. The SMILES string of the molecule is CC(C)(C)C.CC(C)(C)CCO.CN1CCN(C(=O)CC(C)(C)C)CC1.C[C@@H](CCCCC(C)(C)C)C(=O)O. The molecule has 0 radical (unpaired) electrons. The summed E-state index contributed by atoms with van der Waals surface area (Å²) in [5.41, 5.74) is 1.29. The van der Waals surface area contributed by atoms with Crippen molar-refractivity contribution in [3.05, 3.63) is 0 Å². The van der Waals surface area contributed by atoms with Crippen LogP contribution in [-0.4, -0.2) is 71.7 Å². The molecule has 1 amide bonds. The molecule has 1 aliphatic rings. The Labute approximate surface area is 244 Å². The average Bonchev–Trinajstić information content (AvgIpc) is 2.68. The first kappa shape index (κ1) is 42.3. The van der Waals surface area contributed by atoms with Crippen molar-refractivity contribution >= 4 is 11.9 Å². The molecule has 6 heteroatoms. The first-order chi connectivity index (χ1) is 17.3. The van der Waals surface area contributed by atoms with E-state index >= 15 is 0 Å². The lowest BCUT2D eigenvalue weighted by Crippen LogP contribution is -2.47. The van der Waals surface area contributed by atoms with Crippen molar-refractivity contribution < 1.29 is 19.8 Å². The molecule has 0 aromatic heterocycles. The van der Waals surface area contributed by atoms with E-state index in [2.05, 4.69) is 102 Å². The van der Waals surface area contributed by atoms with Crippen LogP contribution < -0.4 is 0 Å². The van der Waals surface area contributed by atoms with Gasteiger partial charge in [-0.3, -0.25) is 9.59 Å². The molecule has 1 heterocycles. The molecular formula is C33H70N2O4. The van der Waals surface area contributed by atoms with Gasteiger partial charge in [-0.25, -0.2) is 0 Å². The highest BCUT2D eigenvalue weighted by atomic mass is 16.4. The number of carbonyl (C=O) groups excluding carboxylic acids is 1. The lowest BCUT2D eigenvalue weighted by Gasteiger charge is -2.34. The topological polar surface area (TPSA) is 81.1 Å². The smallest absolute Gasteiger partial charge is 0.306 e. The minimum absolute atomic E-state index is 0.112. The molecule has 1 atom stereocenters. The molecule has 0 spiro atoms. The van der Waals surface area contributed by atoms with E-state index in [1.165, 1.54) is 6.42 Å². The number of aliphatic carboxylic acids is 1. The fraction of sp³-hybridized carbons (Fsp3) is 0.939. The normalized spacial score (nSPS) is 15.5. The lowest BCUT2D eigenvalue weighted by molar-refractivity contribution is -0.141. The number of hydrogen-bond acceptors (Lipinski definition) is 4. The maximum absolute atomic E-state index is 11.8. The first-order valence-electron chi connectivity index (χ1n) is 15.1. The van der Waals surface area contributed by atoms with E-state index in [-0.39, 0.29) is 11.3 Å². The highest BCUT2D eigenvalue weighted by Crippen LogP contribution is 2.23. The van der Waals surface area contributed by atoms with E-state index in [0.717, 1.165) is 51.9 Å². The minimum Gasteiger partial charge on any atom is -0.481 e. The van der Waals surface area contributed by atoms with Crippen LogP contribution in [0.3, 0.4) is 0 Å². The number of amides is 1. The van der Waals surface area contributed by atoms with Gasteiger partial charge in [0.25, 0.3) is 0 Å². The molecule has 236 valence electrons. The van der Waals surface area contributed by atoms with Crippen molar-refractivity contribution in [2.75, 3.05) is 39.8 Å². The van der Waals surface area contributed by atoms with Gasteiger partial charge in [-0.15, -0.1) is 0 Å². The maximum atomic E-state index is 11.8. The van der Waals surface area contributed by atoms with Crippen molar-refractivity contribution in [1.29, 1.82) is 0 Å². The van der Waals surface area contributed by atoms with E-state index in [0.29, 0.717) is 35.2 Å². The van der Waals surface area contributed by atoms with Crippen molar-refractivity contribution in [3.8, 4) is 0 Å². The van der Waals surface area contributed by atoms with Gasteiger partial charge in [-0.05, 0) is 48.0 Å². The van der Waals surface area contributed by atoms with E-state index in [4.69, 9.17) is 10.2 Å². The number of rotatable bonds is 7. The molecule has 6 nitrogen and oxygen atoms in total.